The van der Waals surface area contributed by atoms with Crippen LogP contribution in [0.2, 0.25) is 0 Å². The van der Waals surface area contributed by atoms with Crippen LogP contribution in [0.1, 0.15) is 17.7 Å². The molecule has 5 rings (SSSR count). The maximum absolute atomic E-state index is 13.3. The van der Waals surface area contributed by atoms with E-state index in [-0.39, 0.29) is 35.9 Å². The molecule has 2 bridgehead atoms. The summed E-state index contributed by atoms with van der Waals surface area (Å²) < 4.78 is 10.1. The Hall–Kier alpha value is -3.75. The second-order valence-corrected chi connectivity index (χ2v) is 8.73. The Bertz CT molecular complexity index is 1110. The van der Waals surface area contributed by atoms with Gasteiger partial charge in [-0.25, -0.2) is 4.79 Å². The fourth-order valence-electron chi connectivity index (χ4n) is 5.19. The molecule has 33 heavy (non-hydrogen) atoms. The van der Waals surface area contributed by atoms with E-state index < -0.39 is 36.4 Å². The smallest absolute Gasteiger partial charge is 0.330 e. The second-order valence-electron chi connectivity index (χ2n) is 8.73. The maximum atomic E-state index is 13.3. The number of anilines is 1. The highest BCUT2D eigenvalue weighted by molar-refractivity contribution is 6.09. The van der Waals surface area contributed by atoms with Crippen molar-refractivity contribution in [1.82, 2.24) is 10.1 Å². The topological polar surface area (TPSA) is 119 Å². The van der Waals surface area contributed by atoms with Crippen molar-refractivity contribution in [2.24, 2.45) is 23.7 Å². The van der Waals surface area contributed by atoms with Gasteiger partial charge in [0.05, 0.1) is 11.8 Å². The number of benzene rings is 1. The molecular weight excluding hydrogens is 426 g/mol. The second kappa shape index (κ2) is 8.31. The molecular formula is C24H23N3O6. The monoisotopic (exact) mass is 449 g/mol. The third-order valence-electron chi connectivity index (χ3n) is 6.60. The molecule has 1 saturated carbocycles. The van der Waals surface area contributed by atoms with Gasteiger partial charge in [0.1, 0.15) is 11.8 Å². The van der Waals surface area contributed by atoms with Gasteiger partial charge >= 0.3 is 5.97 Å². The van der Waals surface area contributed by atoms with Crippen LogP contribution in [0, 0.1) is 30.6 Å². The average molecular weight is 449 g/mol. The number of ether oxygens (including phenoxy) is 1. The zero-order valence-corrected chi connectivity index (χ0v) is 18.0. The van der Waals surface area contributed by atoms with Crippen molar-refractivity contribution in [2.75, 3.05) is 11.9 Å². The summed E-state index contributed by atoms with van der Waals surface area (Å²) in [7, 11) is 0. The third kappa shape index (κ3) is 3.83. The number of likely N-dealkylation sites (tertiary alicyclic amines) is 1. The highest BCUT2D eigenvalue weighted by Gasteiger charge is 2.61. The molecule has 1 aromatic heterocycles. The van der Waals surface area contributed by atoms with E-state index in [0.717, 1.165) is 16.9 Å². The lowest BCUT2D eigenvalue weighted by molar-refractivity contribution is -0.160. The van der Waals surface area contributed by atoms with Crippen LogP contribution in [0.15, 0.2) is 53.1 Å². The molecule has 9 heteroatoms. The van der Waals surface area contributed by atoms with Crippen LogP contribution < -0.4 is 5.32 Å². The molecule has 0 spiro atoms. The van der Waals surface area contributed by atoms with Crippen molar-refractivity contribution in [3.8, 4) is 0 Å². The van der Waals surface area contributed by atoms with Gasteiger partial charge in [-0.3, -0.25) is 19.3 Å². The third-order valence-corrected chi connectivity index (χ3v) is 6.60. The number of hydrogen-bond acceptors (Lipinski definition) is 7. The number of carbonyl (C=O) groups is 4. The Labute approximate surface area is 189 Å². The van der Waals surface area contributed by atoms with Gasteiger partial charge in [-0.1, -0.05) is 47.6 Å². The molecule has 9 nitrogen and oxygen atoms in total. The first-order valence-electron chi connectivity index (χ1n) is 10.9. The number of esters is 1. The number of amides is 3. The standard InChI is InChI=1S/C24H23N3O6/c1-13-9-18(26-33-13)25-19(28)12-32-24(31)17(10-14-5-3-2-4-6-14)27-22(29)20-15-7-8-16(11-15)21(20)23(27)30/h2-9,15-17,20-21H,10-12H2,1H3,(H,25,26,28)/t15-,16-,17+,20-,21+/m0/s1. The van der Waals surface area contributed by atoms with Crippen LogP contribution in [0.3, 0.4) is 0 Å². The van der Waals surface area contributed by atoms with E-state index in [0.29, 0.717) is 5.76 Å². The van der Waals surface area contributed by atoms with Crippen molar-refractivity contribution in [3.63, 3.8) is 0 Å². The van der Waals surface area contributed by atoms with Crippen LogP contribution >= 0.6 is 0 Å². The summed E-state index contributed by atoms with van der Waals surface area (Å²) in [5.74, 6) is -2.11. The van der Waals surface area contributed by atoms with Crippen LogP contribution in [-0.4, -0.2) is 46.4 Å². The van der Waals surface area contributed by atoms with Gasteiger partial charge in [0.15, 0.2) is 12.4 Å². The SMILES string of the molecule is Cc1cc(NC(=O)COC(=O)[C@@H](Cc2ccccc2)N2C(=O)[C@@H]3[C@H](C2=O)[C@H]2C=C[C@H]3C2)no1. The molecule has 2 aromatic rings. The van der Waals surface area contributed by atoms with Gasteiger partial charge in [-0.15, -0.1) is 0 Å². The first kappa shape index (κ1) is 21.1. The summed E-state index contributed by atoms with van der Waals surface area (Å²) >= 11 is 0. The predicted octanol–water partition coefficient (Wildman–Crippen LogP) is 1.88. The first-order valence-corrected chi connectivity index (χ1v) is 10.9. The summed E-state index contributed by atoms with van der Waals surface area (Å²) in [6, 6.07) is 9.50. The highest BCUT2D eigenvalue weighted by Crippen LogP contribution is 2.53. The van der Waals surface area contributed by atoms with E-state index in [1.165, 1.54) is 6.07 Å². The molecule has 2 heterocycles. The van der Waals surface area contributed by atoms with Gasteiger partial charge in [0.25, 0.3) is 5.91 Å². The molecule has 170 valence electrons. The van der Waals surface area contributed by atoms with E-state index in [1.807, 2.05) is 42.5 Å². The Morgan fingerprint density at radius 2 is 1.82 bits per heavy atom. The van der Waals surface area contributed by atoms with Crippen LogP contribution in [0.4, 0.5) is 5.82 Å². The normalized spacial score (nSPS) is 25.9. The lowest BCUT2D eigenvalue weighted by Crippen LogP contribution is -2.48. The lowest BCUT2D eigenvalue weighted by atomic mass is 9.85. The number of imide groups is 1. The Morgan fingerprint density at radius 3 is 2.42 bits per heavy atom. The molecule has 0 radical (unpaired) electrons. The van der Waals surface area contributed by atoms with E-state index in [9.17, 15) is 19.2 Å². The molecule has 2 aliphatic carbocycles. The van der Waals surface area contributed by atoms with Crippen molar-refractivity contribution in [3.05, 3.63) is 59.9 Å². The molecule has 2 fully saturated rings. The van der Waals surface area contributed by atoms with Gasteiger partial charge in [0.2, 0.25) is 11.8 Å². The largest absolute Gasteiger partial charge is 0.454 e. The Balaban J connectivity index is 1.32. The van der Waals surface area contributed by atoms with Crippen molar-refractivity contribution in [1.29, 1.82) is 0 Å². The summed E-state index contributed by atoms with van der Waals surface area (Å²) in [4.78, 5) is 52.9. The molecule has 3 amide bonds. The van der Waals surface area contributed by atoms with Crippen molar-refractivity contribution in [2.45, 2.75) is 25.8 Å². The number of aromatic nitrogens is 1. The molecule has 1 saturated heterocycles. The van der Waals surface area contributed by atoms with Crippen molar-refractivity contribution < 1.29 is 28.4 Å². The minimum absolute atomic E-state index is 0.0338. The Morgan fingerprint density at radius 1 is 1.15 bits per heavy atom. The number of hydrogen-bond donors (Lipinski definition) is 1. The fraction of sp³-hybridized carbons (Fsp3) is 0.375. The van der Waals surface area contributed by atoms with Crippen molar-refractivity contribution >= 4 is 29.5 Å². The number of allylic oxidation sites excluding steroid dienone is 2. The lowest BCUT2D eigenvalue weighted by Gasteiger charge is -2.26. The highest BCUT2D eigenvalue weighted by atomic mass is 16.5. The predicted molar refractivity (Wildman–Crippen MR) is 114 cm³/mol. The number of carbonyl (C=O) groups excluding carboxylic acids is 4. The number of aryl methyl sites for hydroxylation is 1. The quantitative estimate of drug-likeness (QED) is 0.389. The summed E-state index contributed by atoms with van der Waals surface area (Å²) in [6.45, 7) is 1.10. The summed E-state index contributed by atoms with van der Waals surface area (Å²) in [6.07, 6.45) is 4.92. The zero-order chi connectivity index (χ0) is 23.1. The van der Waals surface area contributed by atoms with E-state index >= 15 is 0 Å². The zero-order valence-electron chi connectivity index (χ0n) is 18.0. The van der Waals surface area contributed by atoms with Crippen LogP contribution in [0.25, 0.3) is 0 Å². The minimum atomic E-state index is -1.14. The van der Waals surface area contributed by atoms with Gasteiger partial charge in [-0.2, -0.15) is 0 Å². The van der Waals surface area contributed by atoms with E-state index in [4.69, 9.17) is 9.26 Å². The number of nitrogens with one attached hydrogen (secondary N) is 1. The molecule has 3 aliphatic rings. The Kier molecular flexibility index (Phi) is 5.32. The van der Waals surface area contributed by atoms with Crippen LogP contribution in [-0.2, 0) is 30.3 Å². The van der Waals surface area contributed by atoms with E-state index in [1.54, 1.807) is 6.92 Å². The van der Waals surface area contributed by atoms with Gasteiger partial charge in [-0.05, 0) is 30.7 Å². The minimum Gasteiger partial charge on any atom is -0.454 e. The number of rotatable bonds is 7. The fourth-order valence-corrected chi connectivity index (χ4v) is 5.19. The first-order chi connectivity index (χ1) is 15.9. The number of fused-ring (bicyclic) bond motifs is 5. The average Bonchev–Trinajstić information content (AvgIpc) is 3.57. The maximum Gasteiger partial charge on any atom is 0.330 e. The van der Waals surface area contributed by atoms with E-state index in [2.05, 4.69) is 10.5 Å². The molecule has 0 unspecified atom stereocenters. The molecule has 1 aliphatic heterocycles. The number of nitrogens with zero attached hydrogens (tertiary/aromatic N) is 2. The molecule has 1 aromatic carbocycles. The molecule has 1 N–H and O–H groups in total. The molecule has 5 atom stereocenters. The summed E-state index contributed by atoms with van der Waals surface area (Å²) in [5.41, 5.74) is 0.778. The summed E-state index contributed by atoms with van der Waals surface area (Å²) in [5, 5.41) is 6.13. The van der Waals surface area contributed by atoms with Crippen LogP contribution in [0.5, 0.6) is 0 Å². The van der Waals surface area contributed by atoms with Gasteiger partial charge in [0, 0.05) is 12.5 Å². The van der Waals surface area contributed by atoms with Gasteiger partial charge < -0.3 is 14.6 Å².